The molecule has 0 saturated heterocycles. The smallest absolute Gasteiger partial charge is 0.245 e. The molecule has 0 bridgehead atoms. The first-order valence-electron chi connectivity index (χ1n) is 7.37. The second-order valence-corrected chi connectivity index (χ2v) is 5.51. The molecule has 2 rings (SSSR count). The Labute approximate surface area is 125 Å². The number of benzene rings is 1. The van der Waals surface area contributed by atoms with Gasteiger partial charge in [0.25, 0.3) is 0 Å². The van der Waals surface area contributed by atoms with Gasteiger partial charge in [-0.05, 0) is 43.4 Å². The minimum absolute atomic E-state index is 0.189. The van der Waals surface area contributed by atoms with Gasteiger partial charge in [-0.1, -0.05) is 25.6 Å². The SMILES string of the molecule is C=C(N)C(=O)C(=O)C(C)N1CCCc2ccc(CC)cc21. The number of aryl methyl sites for hydroxylation is 2. The molecular formula is C17H22N2O2. The number of anilines is 1. The van der Waals surface area contributed by atoms with Crippen LogP contribution in [0.4, 0.5) is 5.69 Å². The Morgan fingerprint density at radius 1 is 1.43 bits per heavy atom. The van der Waals surface area contributed by atoms with Gasteiger partial charge < -0.3 is 10.6 Å². The Balaban J connectivity index is 2.32. The Morgan fingerprint density at radius 3 is 2.76 bits per heavy atom. The first-order valence-corrected chi connectivity index (χ1v) is 7.37. The van der Waals surface area contributed by atoms with Crippen LogP contribution in [-0.4, -0.2) is 24.2 Å². The molecule has 0 saturated carbocycles. The zero-order valence-electron chi connectivity index (χ0n) is 12.7. The highest BCUT2D eigenvalue weighted by atomic mass is 16.2. The van der Waals surface area contributed by atoms with Crippen molar-refractivity contribution in [1.82, 2.24) is 0 Å². The molecule has 1 atom stereocenters. The molecule has 4 nitrogen and oxygen atoms in total. The fourth-order valence-electron chi connectivity index (χ4n) is 2.76. The van der Waals surface area contributed by atoms with Gasteiger partial charge in [0.1, 0.15) is 0 Å². The summed E-state index contributed by atoms with van der Waals surface area (Å²) in [5.41, 5.74) is 8.70. The summed E-state index contributed by atoms with van der Waals surface area (Å²) in [7, 11) is 0. The number of nitrogens with two attached hydrogens (primary N) is 1. The van der Waals surface area contributed by atoms with Crippen LogP contribution in [0, 0.1) is 0 Å². The van der Waals surface area contributed by atoms with Crippen LogP contribution in [0.5, 0.6) is 0 Å². The summed E-state index contributed by atoms with van der Waals surface area (Å²) in [6.07, 6.45) is 2.93. The number of fused-ring (bicyclic) bond motifs is 1. The molecule has 1 unspecified atom stereocenters. The molecule has 4 heteroatoms. The monoisotopic (exact) mass is 286 g/mol. The highest BCUT2D eigenvalue weighted by Crippen LogP contribution is 2.30. The number of carbonyl (C=O) groups excluding carboxylic acids is 2. The molecule has 1 aliphatic heterocycles. The van der Waals surface area contributed by atoms with Crippen LogP contribution in [0.3, 0.4) is 0 Å². The molecule has 1 aromatic rings. The van der Waals surface area contributed by atoms with Crippen LogP contribution in [0.25, 0.3) is 0 Å². The second kappa shape index (κ2) is 6.12. The molecule has 2 N–H and O–H groups in total. The van der Waals surface area contributed by atoms with Gasteiger partial charge in [-0.3, -0.25) is 9.59 Å². The van der Waals surface area contributed by atoms with E-state index in [4.69, 9.17) is 5.73 Å². The minimum atomic E-state index is -0.679. The van der Waals surface area contributed by atoms with E-state index < -0.39 is 17.6 Å². The zero-order valence-corrected chi connectivity index (χ0v) is 12.7. The molecule has 1 heterocycles. The first-order chi connectivity index (χ1) is 9.95. The number of Topliss-reactive ketones (excluding diaryl/α,β-unsaturated/α-hetero) is 2. The number of hydrogen-bond donors (Lipinski definition) is 1. The third-order valence-electron chi connectivity index (χ3n) is 4.07. The summed E-state index contributed by atoms with van der Waals surface area (Å²) in [4.78, 5) is 26.0. The number of nitrogens with zero attached hydrogens (tertiary/aromatic N) is 1. The predicted octanol–water partition coefficient (Wildman–Crippen LogP) is 2.00. The lowest BCUT2D eigenvalue weighted by atomic mass is 9.96. The third-order valence-corrected chi connectivity index (χ3v) is 4.07. The molecular weight excluding hydrogens is 264 g/mol. The van der Waals surface area contributed by atoms with Crippen LogP contribution in [-0.2, 0) is 22.4 Å². The molecule has 0 aliphatic carbocycles. The van der Waals surface area contributed by atoms with Gasteiger partial charge >= 0.3 is 0 Å². The molecule has 0 aromatic heterocycles. The van der Waals surface area contributed by atoms with Crippen LogP contribution < -0.4 is 10.6 Å². The maximum Gasteiger partial charge on any atom is 0.245 e. The van der Waals surface area contributed by atoms with E-state index in [0.717, 1.165) is 31.5 Å². The fraction of sp³-hybridized carbons (Fsp3) is 0.412. The van der Waals surface area contributed by atoms with Crippen LogP contribution in [0.1, 0.15) is 31.4 Å². The van der Waals surface area contributed by atoms with Crippen LogP contribution >= 0.6 is 0 Å². The van der Waals surface area contributed by atoms with Gasteiger partial charge in [-0.2, -0.15) is 0 Å². The number of ketones is 2. The van der Waals surface area contributed by atoms with Gasteiger partial charge in [0.05, 0.1) is 11.7 Å². The van der Waals surface area contributed by atoms with Crippen molar-refractivity contribution in [1.29, 1.82) is 0 Å². The van der Waals surface area contributed by atoms with Crippen LogP contribution in [0.15, 0.2) is 30.5 Å². The first kappa shape index (κ1) is 15.3. The van der Waals surface area contributed by atoms with Crippen molar-refractivity contribution in [2.24, 2.45) is 5.73 Å². The van der Waals surface area contributed by atoms with E-state index in [2.05, 4.69) is 31.7 Å². The summed E-state index contributed by atoms with van der Waals surface area (Å²) in [5, 5.41) is 0. The summed E-state index contributed by atoms with van der Waals surface area (Å²) < 4.78 is 0. The Bertz CT molecular complexity index is 592. The summed E-state index contributed by atoms with van der Waals surface area (Å²) >= 11 is 0. The van der Waals surface area contributed by atoms with Gasteiger partial charge in [0.2, 0.25) is 11.6 Å². The van der Waals surface area contributed by atoms with Crippen molar-refractivity contribution < 1.29 is 9.59 Å². The largest absolute Gasteiger partial charge is 0.396 e. The molecule has 0 radical (unpaired) electrons. The van der Waals surface area contributed by atoms with E-state index in [0.29, 0.717) is 0 Å². The number of carbonyl (C=O) groups is 2. The average molecular weight is 286 g/mol. The summed E-state index contributed by atoms with van der Waals surface area (Å²) in [5.74, 6) is -1.17. The van der Waals surface area contributed by atoms with E-state index >= 15 is 0 Å². The average Bonchev–Trinajstić information content (AvgIpc) is 2.51. The van der Waals surface area contributed by atoms with Crippen molar-refractivity contribution in [2.75, 3.05) is 11.4 Å². The molecule has 0 amide bonds. The lowest BCUT2D eigenvalue weighted by Gasteiger charge is -2.35. The highest BCUT2D eigenvalue weighted by Gasteiger charge is 2.30. The topological polar surface area (TPSA) is 63.4 Å². The van der Waals surface area contributed by atoms with Gasteiger partial charge in [0, 0.05) is 12.2 Å². The molecule has 0 fully saturated rings. The maximum atomic E-state index is 12.2. The van der Waals surface area contributed by atoms with Gasteiger partial charge in [-0.15, -0.1) is 0 Å². The van der Waals surface area contributed by atoms with Crippen molar-refractivity contribution >= 4 is 17.3 Å². The van der Waals surface area contributed by atoms with Gasteiger partial charge in [-0.25, -0.2) is 0 Å². The maximum absolute atomic E-state index is 12.2. The van der Waals surface area contributed by atoms with Gasteiger partial charge in [0.15, 0.2) is 0 Å². The van der Waals surface area contributed by atoms with E-state index in [1.165, 1.54) is 11.1 Å². The molecule has 21 heavy (non-hydrogen) atoms. The van der Waals surface area contributed by atoms with Crippen molar-refractivity contribution in [3.63, 3.8) is 0 Å². The Hall–Kier alpha value is -2.10. The van der Waals surface area contributed by atoms with E-state index in [1.54, 1.807) is 6.92 Å². The normalized spacial score (nSPS) is 15.2. The molecule has 112 valence electrons. The second-order valence-electron chi connectivity index (χ2n) is 5.51. The third kappa shape index (κ3) is 2.99. The lowest BCUT2D eigenvalue weighted by molar-refractivity contribution is -0.135. The van der Waals surface area contributed by atoms with E-state index in [9.17, 15) is 9.59 Å². The summed E-state index contributed by atoms with van der Waals surface area (Å²) in [6.45, 7) is 8.00. The zero-order chi connectivity index (χ0) is 15.6. The van der Waals surface area contributed by atoms with E-state index in [1.807, 2.05) is 4.90 Å². The Morgan fingerprint density at radius 2 is 2.14 bits per heavy atom. The number of rotatable bonds is 5. The fourth-order valence-corrected chi connectivity index (χ4v) is 2.76. The molecule has 1 aromatic carbocycles. The summed E-state index contributed by atoms with van der Waals surface area (Å²) in [6, 6.07) is 5.87. The Kier molecular flexibility index (Phi) is 4.46. The highest BCUT2D eigenvalue weighted by molar-refractivity contribution is 6.45. The van der Waals surface area contributed by atoms with Crippen molar-refractivity contribution in [3.8, 4) is 0 Å². The quantitative estimate of drug-likeness (QED) is 0.664. The number of allylic oxidation sites excluding steroid dienone is 1. The number of hydrogen-bond acceptors (Lipinski definition) is 4. The minimum Gasteiger partial charge on any atom is -0.396 e. The molecule has 1 aliphatic rings. The van der Waals surface area contributed by atoms with Crippen molar-refractivity contribution in [3.05, 3.63) is 41.6 Å². The molecule has 0 spiro atoms. The van der Waals surface area contributed by atoms with Crippen molar-refractivity contribution in [2.45, 2.75) is 39.2 Å². The standard InChI is InChI=1S/C17H22N2O2/c1-4-13-7-8-14-6-5-9-19(15(14)10-13)12(3)17(21)16(20)11(2)18/h7-8,10,12H,2,4-6,9,18H2,1,3H3. The van der Waals surface area contributed by atoms with Crippen LogP contribution in [0.2, 0.25) is 0 Å². The predicted molar refractivity (Wildman–Crippen MR) is 84.3 cm³/mol. The van der Waals surface area contributed by atoms with E-state index in [-0.39, 0.29) is 5.70 Å². The lowest BCUT2D eigenvalue weighted by Crippen LogP contribution is -2.45.